The van der Waals surface area contributed by atoms with Crippen molar-refractivity contribution in [1.82, 2.24) is 9.88 Å². The fourth-order valence-electron chi connectivity index (χ4n) is 2.52. The average molecular weight is 329 g/mol. The van der Waals surface area contributed by atoms with Gasteiger partial charge in [0.1, 0.15) is 5.82 Å². The molecule has 5 nitrogen and oxygen atoms in total. The van der Waals surface area contributed by atoms with Gasteiger partial charge < -0.3 is 19.3 Å². The van der Waals surface area contributed by atoms with Crippen LogP contribution in [0.3, 0.4) is 0 Å². The molecule has 0 saturated carbocycles. The van der Waals surface area contributed by atoms with Crippen LogP contribution in [0.1, 0.15) is 11.1 Å². The third kappa shape index (κ3) is 4.86. The molecule has 130 valence electrons. The minimum absolute atomic E-state index is 0.765. The Kier molecular flexibility index (Phi) is 6.44. The molecule has 0 aliphatic heterocycles. The number of hydrogen-bond acceptors (Lipinski definition) is 5. The normalized spacial score (nSPS) is 10.8. The SMILES string of the molecule is COc1ccc(CCN(C)Cc2ccc(N(C)C)nc2)cc1OC. The second-order valence-corrected chi connectivity index (χ2v) is 6.10. The van der Waals surface area contributed by atoms with Crippen LogP contribution in [0, 0.1) is 0 Å². The third-order valence-corrected chi connectivity index (χ3v) is 3.95. The highest BCUT2D eigenvalue weighted by Gasteiger charge is 2.07. The summed E-state index contributed by atoms with van der Waals surface area (Å²) in [6.45, 7) is 1.85. The number of benzene rings is 1. The van der Waals surface area contributed by atoms with E-state index in [0.29, 0.717) is 0 Å². The molecule has 0 aliphatic carbocycles. The van der Waals surface area contributed by atoms with Crippen molar-refractivity contribution in [3.63, 3.8) is 0 Å². The van der Waals surface area contributed by atoms with E-state index in [4.69, 9.17) is 9.47 Å². The molecule has 0 spiro atoms. The number of rotatable bonds is 8. The summed E-state index contributed by atoms with van der Waals surface area (Å²) < 4.78 is 10.6. The summed E-state index contributed by atoms with van der Waals surface area (Å²) in [7, 11) is 9.44. The Balaban J connectivity index is 1.89. The Morgan fingerprint density at radius 2 is 1.62 bits per heavy atom. The molecular formula is C19H27N3O2. The fraction of sp³-hybridized carbons (Fsp3) is 0.421. The molecule has 0 N–H and O–H groups in total. The van der Waals surface area contributed by atoms with Crippen molar-refractivity contribution < 1.29 is 9.47 Å². The first-order valence-electron chi connectivity index (χ1n) is 8.05. The van der Waals surface area contributed by atoms with Gasteiger partial charge in [-0.25, -0.2) is 4.98 Å². The number of ether oxygens (including phenoxy) is 2. The Morgan fingerprint density at radius 3 is 2.21 bits per heavy atom. The zero-order valence-electron chi connectivity index (χ0n) is 15.2. The van der Waals surface area contributed by atoms with Crippen molar-refractivity contribution >= 4 is 5.82 Å². The molecule has 0 atom stereocenters. The summed E-state index contributed by atoms with van der Waals surface area (Å²) >= 11 is 0. The van der Waals surface area contributed by atoms with Crippen molar-refractivity contribution in [3.05, 3.63) is 47.7 Å². The van der Waals surface area contributed by atoms with E-state index in [2.05, 4.69) is 35.1 Å². The molecule has 24 heavy (non-hydrogen) atoms. The topological polar surface area (TPSA) is 37.8 Å². The highest BCUT2D eigenvalue weighted by Crippen LogP contribution is 2.27. The van der Waals surface area contributed by atoms with Gasteiger partial charge in [-0.05, 0) is 42.8 Å². The fourth-order valence-corrected chi connectivity index (χ4v) is 2.52. The molecule has 1 aromatic carbocycles. The molecule has 0 amide bonds. The molecule has 5 heteroatoms. The zero-order chi connectivity index (χ0) is 17.5. The van der Waals surface area contributed by atoms with Crippen LogP contribution in [0.4, 0.5) is 5.82 Å². The predicted octanol–water partition coefficient (Wildman–Crippen LogP) is 2.84. The van der Waals surface area contributed by atoms with Crippen LogP contribution in [0.5, 0.6) is 11.5 Å². The van der Waals surface area contributed by atoms with Crippen LogP contribution in [0.2, 0.25) is 0 Å². The van der Waals surface area contributed by atoms with Gasteiger partial charge in [-0.2, -0.15) is 0 Å². The van der Waals surface area contributed by atoms with Crippen LogP contribution in [-0.2, 0) is 13.0 Å². The molecule has 0 fully saturated rings. The maximum Gasteiger partial charge on any atom is 0.160 e. The van der Waals surface area contributed by atoms with Crippen LogP contribution in [-0.4, -0.2) is 51.8 Å². The molecule has 1 aromatic heterocycles. The van der Waals surface area contributed by atoms with E-state index in [1.807, 2.05) is 37.3 Å². The van der Waals surface area contributed by atoms with Crippen LogP contribution < -0.4 is 14.4 Å². The molecule has 2 rings (SSSR count). The summed E-state index contributed by atoms with van der Waals surface area (Å²) in [5, 5.41) is 0. The first-order valence-corrected chi connectivity index (χ1v) is 8.05. The number of hydrogen-bond donors (Lipinski definition) is 0. The van der Waals surface area contributed by atoms with Crippen LogP contribution in [0.25, 0.3) is 0 Å². The van der Waals surface area contributed by atoms with Crippen molar-refractivity contribution in [2.45, 2.75) is 13.0 Å². The molecular weight excluding hydrogens is 302 g/mol. The second-order valence-electron chi connectivity index (χ2n) is 6.10. The smallest absolute Gasteiger partial charge is 0.160 e. The maximum atomic E-state index is 5.36. The number of nitrogens with zero attached hydrogens (tertiary/aromatic N) is 3. The first kappa shape index (κ1) is 18.1. The van der Waals surface area contributed by atoms with E-state index in [0.717, 1.165) is 36.8 Å². The lowest BCUT2D eigenvalue weighted by atomic mass is 10.1. The minimum atomic E-state index is 0.765. The molecule has 0 bridgehead atoms. The number of likely N-dealkylation sites (N-methyl/N-ethyl adjacent to an activating group) is 1. The van der Waals surface area contributed by atoms with Gasteiger partial charge in [-0.15, -0.1) is 0 Å². The van der Waals surface area contributed by atoms with E-state index < -0.39 is 0 Å². The quantitative estimate of drug-likeness (QED) is 0.744. The van der Waals surface area contributed by atoms with Gasteiger partial charge in [0.05, 0.1) is 14.2 Å². The number of pyridine rings is 1. The molecule has 0 radical (unpaired) electrons. The Morgan fingerprint density at radius 1 is 0.917 bits per heavy atom. The lowest BCUT2D eigenvalue weighted by Gasteiger charge is -2.18. The number of methoxy groups -OCH3 is 2. The van der Waals surface area contributed by atoms with Gasteiger partial charge >= 0.3 is 0 Å². The minimum Gasteiger partial charge on any atom is -0.493 e. The summed E-state index contributed by atoms with van der Waals surface area (Å²) in [5.74, 6) is 2.52. The maximum absolute atomic E-state index is 5.36. The van der Waals surface area contributed by atoms with E-state index >= 15 is 0 Å². The summed E-state index contributed by atoms with van der Waals surface area (Å²) in [6.07, 6.45) is 2.91. The molecule has 2 aromatic rings. The van der Waals surface area contributed by atoms with Crippen molar-refractivity contribution in [2.24, 2.45) is 0 Å². The van der Waals surface area contributed by atoms with Crippen molar-refractivity contribution in [2.75, 3.05) is 46.8 Å². The van der Waals surface area contributed by atoms with Crippen LogP contribution >= 0.6 is 0 Å². The van der Waals surface area contributed by atoms with E-state index in [9.17, 15) is 0 Å². The zero-order valence-corrected chi connectivity index (χ0v) is 15.2. The van der Waals surface area contributed by atoms with Crippen molar-refractivity contribution in [3.8, 4) is 11.5 Å². The third-order valence-electron chi connectivity index (χ3n) is 3.95. The highest BCUT2D eigenvalue weighted by molar-refractivity contribution is 5.43. The molecule has 0 unspecified atom stereocenters. The Bertz CT molecular complexity index is 642. The van der Waals surface area contributed by atoms with Gasteiger partial charge in [0, 0.05) is 33.4 Å². The van der Waals surface area contributed by atoms with E-state index in [1.165, 1.54) is 11.1 Å². The molecule has 0 saturated heterocycles. The lowest BCUT2D eigenvalue weighted by Crippen LogP contribution is -2.21. The summed E-state index contributed by atoms with van der Waals surface area (Å²) in [6, 6.07) is 10.3. The van der Waals surface area contributed by atoms with Gasteiger partial charge in [-0.3, -0.25) is 0 Å². The Hall–Kier alpha value is -2.27. The predicted molar refractivity (Wildman–Crippen MR) is 98.1 cm³/mol. The monoisotopic (exact) mass is 329 g/mol. The van der Waals surface area contributed by atoms with Crippen LogP contribution in [0.15, 0.2) is 36.5 Å². The van der Waals surface area contributed by atoms with Crippen molar-refractivity contribution in [1.29, 1.82) is 0 Å². The van der Waals surface area contributed by atoms with Gasteiger partial charge in [0.15, 0.2) is 11.5 Å². The number of anilines is 1. The van der Waals surface area contributed by atoms with Gasteiger partial charge in [0.2, 0.25) is 0 Å². The summed E-state index contributed by atoms with van der Waals surface area (Å²) in [5.41, 5.74) is 2.45. The van der Waals surface area contributed by atoms with Gasteiger partial charge in [0.25, 0.3) is 0 Å². The number of aromatic nitrogens is 1. The first-order chi connectivity index (χ1) is 11.5. The second kappa shape index (κ2) is 8.55. The lowest BCUT2D eigenvalue weighted by molar-refractivity contribution is 0.329. The highest BCUT2D eigenvalue weighted by atomic mass is 16.5. The Labute approximate surface area is 144 Å². The van der Waals surface area contributed by atoms with E-state index in [-0.39, 0.29) is 0 Å². The molecule has 1 heterocycles. The largest absolute Gasteiger partial charge is 0.493 e. The standard InChI is InChI=1S/C19H27N3O2/c1-21(2)19-9-7-16(13-20-19)14-22(3)11-10-15-6-8-17(23-4)18(12-15)24-5/h6-9,12-13H,10-11,14H2,1-5H3. The summed E-state index contributed by atoms with van der Waals surface area (Å²) in [4.78, 5) is 8.76. The van der Waals surface area contributed by atoms with Gasteiger partial charge in [-0.1, -0.05) is 12.1 Å². The average Bonchev–Trinajstić information content (AvgIpc) is 2.60. The molecule has 0 aliphatic rings. The van der Waals surface area contributed by atoms with E-state index in [1.54, 1.807) is 14.2 Å².